The van der Waals surface area contributed by atoms with Crippen molar-refractivity contribution in [3.63, 3.8) is 0 Å². The average molecular weight is 229 g/mol. The van der Waals surface area contributed by atoms with Gasteiger partial charge in [-0.15, -0.1) is 0 Å². The van der Waals surface area contributed by atoms with Crippen molar-refractivity contribution in [3.8, 4) is 0 Å². The fourth-order valence-corrected chi connectivity index (χ4v) is 2.17. The molecule has 0 aromatic rings. The van der Waals surface area contributed by atoms with Gasteiger partial charge in [-0.1, -0.05) is 0 Å². The van der Waals surface area contributed by atoms with Crippen molar-refractivity contribution >= 4 is 5.91 Å². The van der Waals surface area contributed by atoms with Crippen LogP contribution in [0.1, 0.15) is 12.8 Å². The fraction of sp³-hybridized carbons (Fsp3) is 0.909. The molecule has 1 atom stereocenters. The molecule has 1 heterocycles. The second-order valence-corrected chi connectivity index (χ2v) is 4.60. The van der Waals surface area contributed by atoms with E-state index in [1.54, 1.807) is 0 Å². The Morgan fingerprint density at radius 1 is 1.56 bits per heavy atom. The predicted octanol–water partition coefficient (Wildman–Crippen LogP) is -0.879. The highest BCUT2D eigenvalue weighted by atomic mass is 16.3. The van der Waals surface area contributed by atoms with Crippen LogP contribution < -0.4 is 5.32 Å². The van der Waals surface area contributed by atoms with Crippen LogP contribution >= 0.6 is 0 Å². The van der Waals surface area contributed by atoms with Crippen LogP contribution in [0.2, 0.25) is 0 Å². The number of likely N-dealkylation sites (N-methyl/N-ethyl adjacent to an activating group) is 1. The van der Waals surface area contributed by atoms with Gasteiger partial charge in [0.25, 0.3) is 0 Å². The predicted molar refractivity (Wildman–Crippen MR) is 63.2 cm³/mol. The number of rotatable bonds is 6. The molecule has 0 saturated carbocycles. The minimum Gasteiger partial charge on any atom is -0.395 e. The van der Waals surface area contributed by atoms with Gasteiger partial charge in [-0.2, -0.15) is 0 Å². The second kappa shape index (κ2) is 6.83. The van der Waals surface area contributed by atoms with E-state index in [1.807, 2.05) is 0 Å². The molecule has 0 aromatic heterocycles. The molecular weight excluding hydrogens is 206 g/mol. The number of carbonyl (C=O) groups is 1. The highest BCUT2D eigenvalue weighted by Gasteiger charge is 2.26. The molecule has 94 valence electrons. The minimum atomic E-state index is 0.00681. The van der Waals surface area contributed by atoms with Crippen LogP contribution in [-0.2, 0) is 4.79 Å². The summed E-state index contributed by atoms with van der Waals surface area (Å²) < 4.78 is 0. The molecule has 0 radical (unpaired) electrons. The Hall–Kier alpha value is -0.650. The van der Waals surface area contributed by atoms with Crippen LogP contribution in [0.4, 0.5) is 0 Å². The number of hydrogen-bond acceptors (Lipinski definition) is 4. The van der Waals surface area contributed by atoms with E-state index >= 15 is 0 Å². The van der Waals surface area contributed by atoms with Crippen molar-refractivity contribution in [3.05, 3.63) is 0 Å². The lowest BCUT2D eigenvalue weighted by Crippen LogP contribution is -2.43. The summed E-state index contributed by atoms with van der Waals surface area (Å²) in [6.45, 7) is 2.83. The zero-order valence-corrected chi connectivity index (χ0v) is 10.3. The minimum absolute atomic E-state index is 0.00681. The van der Waals surface area contributed by atoms with Crippen LogP contribution in [-0.4, -0.2) is 73.7 Å². The molecule has 2 N–H and O–H groups in total. The van der Waals surface area contributed by atoms with Crippen molar-refractivity contribution in [1.29, 1.82) is 0 Å². The number of aliphatic hydroxyl groups is 1. The first kappa shape index (κ1) is 13.4. The van der Waals surface area contributed by atoms with Gasteiger partial charge in [-0.25, -0.2) is 0 Å². The lowest BCUT2D eigenvalue weighted by molar-refractivity contribution is -0.122. The van der Waals surface area contributed by atoms with Crippen LogP contribution in [0.25, 0.3) is 0 Å². The van der Waals surface area contributed by atoms with Crippen molar-refractivity contribution in [2.45, 2.75) is 18.9 Å². The molecule has 1 amide bonds. The maximum absolute atomic E-state index is 11.5. The van der Waals surface area contributed by atoms with Gasteiger partial charge in [0.1, 0.15) is 0 Å². The number of hydrogen-bond donors (Lipinski definition) is 2. The Morgan fingerprint density at radius 2 is 2.31 bits per heavy atom. The molecular formula is C11H23N3O2. The summed E-state index contributed by atoms with van der Waals surface area (Å²) in [5.41, 5.74) is 0. The number of aliphatic hydroxyl groups excluding tert-OH is 1. The third-order valence-electron chi connectivity index (χ3n) is 2.86. The van der Waals surface area contributed by atoms with E-state index in [-0.39, 0.29) is 12.5 Å². The lowest BCUT2D eigenvalue weighted by Gasteiger charge is -2.26. The van der Waals surface area contributed by atoms with E-state index in [2.05, 4.69) is 29.2 Å². The maximum atomic E-state index is 11.5. The quantitative estimate of drug-likeness (QED) is 0.621. The van der Waals surface area contributed by atoms with Gasteiger partial charge in [0.2, 0.25) is 5.91 Å². The van der Waals surface area contributed by atoms with Gasteiger partial charge in [-0.05, 0) is 33.5 Å². The molecule has 1 saturated heterocycles. The molecule has 1 aliphatic heterocycles. The summed E-state index contributed by atoms with van der Waals surface area (Å²) in [6.07, 6.45) is 2.34. The monoisotopic (exact) mass is 229 g/mol. The van der Waals surface area contributed by atoms with Crippen molar-refractivity contribution < 1.29 is 9.90 Å². The van der Waals surface area contributed by atoms with Crippen LogP contribution in [0.5, 0.6) is 0 Å². The van der Waals surface area contributed by atoms with Gasteiger partial charge in [0.05, 0.1) is 13.2 Å². The molecule has 16 heavy (non-hydrogen) atoms. The summed E-state index contributed by atoms with van der Waals surface area (Å²) in [5.74, 6) is 0.0136. The number of carbonyl (C=O) groups excluding carboxylic acids is 1. The Labute approximate surface area is 97.4 Å². The smallest absolute Gasteiger partial charge is 0.234 e. The van der Waals surface area contributed by atoms with Gasteiger partial charge < -0.3 is 15.3 Å². The van der Waals surface area contributed by atoms with Crippen LogP contribution in [0, 0.1) is 0 Å². The van der Waals surface area contributed by atoms with E-state index in [9.17, 15) is 4.79 Å². The van der Waals surface area contributed by atoms with E-state index in [4.69, 9.17) is 5.11 Å². The Balaban J connectivity index is 2.31. The van der Waals surface area contributed by atoms with Gasteiger partial charge in [0.15, 0.2) is 0 Å². The third kappa shape index (κ3) is 4.47. The zero-order valence-electron chi connectivity index (χ0n) is 10.3. The van der Waals surface area contributed by atoms with Gasteiger partial charge >= 0.3 is 0 Å². The van der Waals surface area contributed by atoms with E-state index in [1.165, 1.54) is 12.8 Å². The van der Waals surface area contributed by atoms with Gasteiger partial charge in [0, 0.05) is 19.1 Å². The Morgan fingerprint density at radius 3 is 2.94 bits per heavy atom. The van der Waals surface area contributed by atoms with E-state index in [0.717, 1.165) is 13.1 Å². The number of likely N-dealkylation sites (tertiary alicyclic amines) is 1. The molecule has 1 unspecified atom stereocenters. The summed E-state index contributed by atoms with van der Waals surface area (Å²) in [4.78, 5) is 15.9. The Bertz CT molecular complexity index is 221. The summed E-state index contributed by atoms with van der Waals surface area (Å²) in [5, 5.41) is 11.3. The normalized spacial score (nSPS) is 21.6. The molecule has 5 heteroatoms. The van der Waals surface area contributed by atoms with E-state index < -0.39 is 0 Å². The maximum Gasteiger partial charge on any atom is 0.234 e. The van der Waals surface area contributed by atoms with E-state index in [0.29, 0.717) is 19.1 Å². The molecule has 1 rings (SSSR count). The number of nitrogens with one attached hydrogen (secondary N) is 1. The summed E-state index contributed by atoms with van der Waals surface area (Å²) >= 11 is 0. The highest BCUT2D eigenvalue weighted by Crippen LogP contribution is 2.16. The first-order valence-electron chi connectivity index (χ1n) is 5.90. The molecule has 0 spiro atoms. The molecule has 1 fully saturated rings. The largest absolute Gasteiger partial charge is 0.395 e. The number of amides is 1. The fourth-order valence-electron chi connectivity index (χ4n) is 2.17. The Kier molecular flexibility index (Phi) is 5.73. The SMILES string of the molecule is CN(C)CC1CCCN1CC(=O)NCCO. The van der Waals surface area contributed by atoms with Crippen molar-refractivity contribution in [2.24, 2.45) is 0 Å². The van der Waals surface area contributed by atoms with Crippen LogP contribution in [0.3, 0.4) is 0 Å². The molecule has 0 aromatic carbocycles. The summed E-state index contributed by atoms with van der Waals surface area (Å²) in [6, 6.07) is 0.495. The lowest BCUT2D eigenvalue weighted by atomic mass is 10.2. The second-order valence-electron chi connectivity index (χ2n) is 4.60. The first-order chi connectivity index (χ1) is 7.63. The van der Waals surface area contributed by atoms with Crippen molar-refractivity contribution in [2.75, 3.05) is 46.9 Å². The molecule has 0 bridgehead atoms. The topological polar surface area (TPSA) is 55.8 Å². The average Bonchev–Trinajstić information content (AvgIpc) is 2.62. The molecule has 0 aliphatic carbocycles. The van der Waals surface area contributed by atoms with Gasteiger partial charge in [-0.3, -0.25) is 9.69 Å². The van der Waals surface area contributed by atoms with Crippen molar-refractivity contribution in [1.82, 2.24) is 15.1 Å². The number of nitrogens with zero attached hydrogens (tertiary/aromatic N) is 2. The third-order valence-corrected chi connectivity index (χ3v) is 2.86. The molecule has 5 nitrogen and oxygen atoms in total. The standard InChI is InChI=1S/C11H23N3O2/c1-13(2)8-10-4-3-6-14(10)9-11(16)12-5-7-15/h10,15H,3-9H2,1-2H3,(H,12,16). The zero-order chi connectivity index (χ0) is 12.0. The highest BCUT2D eigenvalue weighted by molar-refractivity contribution is 5.78. The first-order valence-corrected chi connectivity index (χ1v) is 5.90. The summed E-state index contributed by atoms with van der Waals surface area (Å²) in [7, 11) is 4.12. The molecule has 1 aliphatic rings. The van der Waals surface area contributed by atoms with Crippen LogP contribution in [0.15, 0.2) is 0 Å².